The van der Waals surface area contributed by atoms with Crippen molar-refractivity contribution in [2.75, 3.05) is 12.9 Å². The van der Waals surface area contributed by atoms with Crippen LogP contribution in [0.2, 0.25) is 0 Å². The summed E-state index contributed by atoms with van der Waals surface area (Å²) in [4.78, 5) is 0.228. The van der Waals surface area contributed by atoms with Crippen molar-refractivity contribution < 1.29 is 22.5 Å². The fraction of sp³-hybridized carbons (Fsp3) is 0.625. The Morgan fingerprint density at radius 2 is 1.70 bits per heavy atom. The van der Waals surface area contributed by atoms with Crippen molar-refractivity contribution in [3.05, 3.63) is 18.2 Å². The van der Waals surface area contributed by atoms with Crippen molar-refractivity contribution in [3.63, 3.8) is 0 Å². The average molecular weight is 340 g/mol. The molecule has 0 spiro atoms. The molecule has 0 unspecified atom stereocenters. The Morgan fingerprint density at radius 3 is 2.17 bits per heavy atom. The molecule has 0 aromatic heterocycles. The van der Waals surface area contributed by atoms with Crippen molar-refractivity contribution in [2.24, 2.45) is 0 Å². The van der Waals surface area contributed by atoms with Crippen LogP contribution in [0.1, 0.15) is 41.0 Å². The predicted molar refractivity (Wildman–Crippen MR) is 91.1 cm³/mol. The highest BCUT2D eigenvalue weighted by atomic mass is 32.2. The molecular formula is C16H25BO5S. The van der Waals surface area contributed by atoms with Crippen LogP contribution in [0.4, 0.5) is 0 Å². The van der Waals surface area contributed by atoms with Gasteiger partial charge >= 0.3 is 7.12 Å². The van der Waals surface area contributed by atoms with Gasteiger partial charge in [0.2, 0.25) is 0 Å². The number of rotatable bonds is 5. The minimum absolute atomic E-state index is 0.228. The summed E-state index contributed by atoms with van der Waals surface area (Å²) in [6, 6.07) is 4.81. The van der Waals surface area contributed by atoms with Crippen LogP contribution in [0.25, 0.3) is 0 Å². The molecule has 5 nitrogen and oxygen atoms in total. The summed E-state index contributed by atoms with van der Waals surface area (Å²) in [6.45, 7) is 10.4. The van der Waals surface area contributed by atoms with Gasteiger partial charge in [0.05, 0.1) is 22.7 Å². The van der Waals surface area contributed by atoms with E-state index in [4.69, 9.17) is 14.0 Å². The lowest BCUT2D eigenvalue weighted by atomic mass is 9.78. The molecule has 128 valence electrons. The highest BCUT2D eigenvalue weighted by molar-refractivity contribution is 7.90. The molecule has 0 atom stereocenters. The standard InChI is InChI=1S/C16H25BO5S/c1-7-10-20-14-9-8-12(23(6,18)19)11-13(14)17-21-15(2,3)16(4,5)22-17/h8-9,11H,7,10H2,1-6H3. The third kappa shape index (κ3) is 3.73. The maximum absolute atomic E-state index is 11.9. The summed E-state index contributed by atoms with van der Waals surface area (Å²) in [6.07, 6.45) is 2.04. The second-order valence-corrected chi connectivity index (χ2v) is 8.92. The van der Waals surface area contributed by atoms with E-state index in [0.29, 0.717) is 17.8 Å². The lowest BCUT2D eigenvalue weighted by Crippen LogP contribution is -2.41. The van der Waals surface area contributed by atoms with Gasteiger partial charge in [-0.3, -0.25) is 0 Å². The molecule has 23 heavy (non-hydrogen) atoms. The Labute approximate surface area is 139 Å². The Balaban J connectivity index is 2.46. The van der Waals surface area contributed by atoms with Crippen molar-refractivity contribution in [2.45, 2.75) is 57.1 Å². The first-order valence-electron chi connectivity index (χ1n) is 7.80. The Morgan fingerprint density at radius 1 is 1.13 bits per heavy atom. The van der Waals surface area contributed by atoms with Crippen molar-refractivity contribution in [3.8, 4) is 5.75 Å². The zero-order chi connectivity index (χ0) is 17.5. The van der Waals surface area contributed by atoms with Crippen LogP contribution in [-0.4, -0.2) is 39.6 Å². The SMILES string of the molecule is CCCOc1ccc(S(C)(=O)=O)cc1B1OC(C)(C)C(C)(C)O1. The number of sulfone groups is 1. The van der Waals surface area contributed by atoms with Crippen LogP contribution in [-0.2, 0) is 19.1 Å². The lowest BCUT2D eigenvalue weighted by Gasteiger charge is -2.32. The summed E-state index contributed by atoms with van der Waals surface area (Å²) in [7, 11) is -3.98. The average Bonchev–Trinajstić information content (AvgIpc) is 2.64. The van der Waals surface area contributed by atoms with Crippen LogP contribution >= 0.6 is 0 Å². The van der Waals surface area contributed by atoms with Gasteiger partial charge in [-0.05, 0) is 52.3 Å². The van der Waals surface area contributed by atoms with Crippen molar-refractivity contribution in [1.29, 1.82) is 0 Å². The second kappa shape index (κ2) is 6.11. The Kier molecular flexibility index (Phi) is 4.86. The van der Waals surface area contributed by atoms with Gasteiger partial charge in [-0.15, -0.1) is 0 Å². The third-order valence-corrected chi connectivity index (χ3v) is 5.49. The first-order chi connectivity index (χ1) is 10.5. The van der Waals surface area contributed by atoms with Crippen LogP contribution in [0.15, 0.2) is 23.1 Å². The van der Waals surface area contributed by atoms with Crippen molar-refractivity contribution in [1.82, 2.24) is 0 Å². The predicted octanol–water partition coefficient (Wildman–Crippen LogP) is 2.18. The van der Waals surface area contributed by atoms with Gasteiger partial charge in [-0.25, -0.2) is 8.42 Å². The molecule has 0 aliphatic carbocycles. The minimum Gasteiger partial charge on any atom is -0.494 e. The molecule has 1 aromatic carbocycles. The monoisotopic (exact) mass is 340 g/mol. The molecule has 1 aliphatic rings. The number of benzene rings is 1. The van der Waals surface area contributed by atoms with Gasteiger partial charge in [0, 0.05) is 11.7 Å². The first-order valence-corrected chi connectivity index (χ1v) is 9.69. The Bertz CT molecular complexity index is 666. The summed E-state index contributed by atoms with van der Waals surface area (Å²) in [5.74, 6) is 0.595. The van der Waals surface area contributed by atoms with Gasteiger partial charge in [0.25, 0.3) is 0 Å². The van der Waals surface area contributed by atoms with E-state index < -0.39 is 28.2 Å². The van der Waals surface area contributed by atoms with Crippen LogP contribution in [0, 0.1) is 0 Å². The smallest absolute Gasteiger partial charge is 0.494 e. The molecule has 2 rings (SSSR count). The molecule has 7 heteroatoms. The van der Waals surface area contributed by atoms with Gasteiger partial charge < -0.3 is 14.0 Å². The van der Waals surface area contributed by atoms with E-state index in [2.05, 4.69) is 0 Å². The van der Waals surface area contributed by atoms with E-state index in [0.717, 1.165) is 6.42 Å². The molecule has 1 aliphatic heterocycles. The molecule has 1 saturated heterocycles. The maximum Gasteiger partial charge on any atom is 0.498 e. The Hall–Kier alpha value is -1.05. The zero-order valence-electron chi connectivity index (χ0n) is 14.7. The summed E-state index contributed by atoms with van der Waals surface area (Å²) in [5.41, 5.74) is -0.387. The lowest BCUT2D eigenvalue weighted by molar-refractivity contribution is 0.00578. The minimum atomic E-state index is -3.32. The zero-order valence-corrected chi connectivity index (χ0v) is 15.5. The molecule has 0 amide bonds. The van der Waals surface area contributed by atoms with Gasteiger partial charge in [0.15, 0.2) is 9.84 Å². The summed E-state index contributed by atoms with van der Waals surface area (Å²) in [5, 5.41) is 0. The fourth-order valence-electron chi connectivity index (χ4n) is 2.25. The maximum atomic E-state index is 11.9. The van der Waals surface area contributed by atoms with E-state index >= 15 is 0 Å². The highest BCUT2D eigenvalue weighted by Crippen LogP contribution is 2.37. The molecule has 0 N–H and O–H groups in total. The second-order valence-electron chi connectivity index (χ2n) is 6.91. The van der Waals surface area contributed by atoms with Gasteiger partial charge in [0.1, 0.15) is 5.75 Å². The molecule has 0 saturated carbocycles. The van der Waals surface area contributed by atoms with Gasteiger partial charge in [-0.2, -0.15) is 0 Å². The number of ether oxygens (including phenoxy) is 1. The van der Waals surface area contributed by atoms with Crippen molar-refractivity contribution >= 4 is 22.4 Å². The van der Waals surface area contributed by atoms with Gasteiger partial charge in [-0.1, -0.05) is 6.92 Å². The normalized spacial score (nSPS) is 19.8. The molecule has 0 bridgehead atoms. The highest BCUT2D eigenvalue weighted by Gasteiger charge is 2.52. The molecule has 1 heterocycles. The topological polar surface area (TPSA) is 61.8 Å². The van der Waals surface area contributed by atoms with E-state index in [1.165, 1.54) is 6.26 Å². The van der Waals surface area contributed by atoms with E-state index in [1.54, 1.807) is 18.2 Å². The van der Waals surface area contributed by atoms with Crippen LogP contribution in [0.5, 0.6) is 5.75 Å². The quantitative estimate of drug-likeness (QED) is 0.769. The summed E-state index contributed by atoms with van der Waals surface area (Å²) < 4.78 is 41.5. The van der Waals surface area contributed by atoms with Crippen LogP contribution in [0.3, 0.4) is 0 Å². The van der Waals surface area contributed by atoms with E-state index in [1.807, 2.05) is 34.6 Å². The number of hydrogen-bond donors (Lipinski definition) is 0. The largest absolute Gasteiger partial charge is 0.498 e. The molecule has 1 fully saturated rings. The molecule has 0 radical (unpaired) electrons. The molecular weight excluding hydrogens is 315 g/mol. The van der Waals surface area contributed by atoms with Crippen LogP contribution < -0.4 is 10.2 Å². The summed E-state index contributed by atoms with van der Waals surface area (Å²) >= 11 is 0. The van der Waals surface area contributed by atoms with E-state index in [-0.39, 0.29) is 4.90 Å². The molecule has 1 aromatic rings. The first kappa shape index (κ1) is 18.3. The number of hydrogen-bond acceptors (Lipinski definition) is 5. The third-order valence-electron chi connectivity index (χ3n) is 4.38. The van der Waals surface area contributed by atoms with E-state index in [9.17, 15) is 8.42 Å². The fourth-order valence-corrected chi connectivity index (χ4v) is 2.91.